The Bertz CT molecular complexity index is 525. The number of benzene rings is 1. The van der Waals surface area contributed by atoms with Crippen LogP contribution in [-0.4, -0.2) is 17.0 Å². The maximum atomic E-state index is 5.96. The maximum absolute atomic E-state index is 5.96. The highest BCUT2D eigenvalue weighted by Gasteiger charge is 2.09. The van der Waals surface area contributed by atoms with E-state index in [1.165, 1.54) is 0 Å². The van der Waals surface area contributed by atoms with E-state index in [1.54, 1.807) is 0 Å². The molecule has 0 bridgehead atoms. The Morgan fingerprint density at radius 3 is 2.75 bits per heavy atom. The number of nitrogens with one attached hydrogen (secondary N) is 1. The van der Waals surface area contributed by atoms with Crippen LogP contribution in [0, 0.1) is 6.92 Å². The minimum atomic E-state index is 0.141. The molecule has 84 valence electrons. The van der Waals surface area contributed by atoms with Crippen LogP contribution in [0.2, 0.25) is 5.02 Å². The molecule has 3 nitrogen and oxygen atoms in total. The molecule has 1 heterocycles. The van der Waals surface area contributed by atoms with Crippen LogP contribution in [0.1, 0.15) is 24.5 Å². The predicted molar refractivity (Wildman–Crippen MR) is 66.8 cm³/mol. The fourth-order valence-electron chi connectivity index (χ4n) is 1.61. The highest BCUT2D eigenvalue weighted by molar-refractivity contribution is 6.31. The van der Waals surface area contributed by atoms with Crippen LogP contribution in [-0.2, 0) is 0 Å². The van der Waals surface area contributed by atoms with E-state index < -0.39 is 0 Å². The molecule has 0 aliphatic heterocycles. The van der Waals surface area contributed by atoms with Gasteiger partial charge in [-0.3, -0.25) is 0 Å². The summed E-state index contributed by atoms with van der Waals surface area (Å²) in [4.78, 5) is 8.99. The number of halogens is 1. The van der Waals surface area contributed by atoms with Gasteiger partial charge in [0.15, 0.2) is 0 Å². The third-order valence-corrected chi connectivity index (χ3v) is 2.92. The van der Waals surface area contributed by atoms with Crippen LogP contribution in [0.15, 0.2) is 18.2 Å². The van der Waals surface area contributed by atoms with Crippen molar-refractivity contribution in [3.05, 3.63) is 34.7 Å². The summed E-state index contributed by atoms with van der Waals surface area (Å²) in [5.74, 6) is 0.801. The number of nitrogens with zero attached hydrogens (tertiary/aromatic N) is 2. The van der Waals surface area contributed by atoms with E-state index >= 15 is 0 Å². The van der Waals surface area contributed by atoms with Gasteiger partial charge in [0.2, 0.25) is 0 Å². The Hall–Kier alpha value is -1.19. The molecule has 1 N–H and O–H groups in total. The summed E-state index contributed by atoms with van der Waals surface area (Å²) in [5, 5.41) is 4.88. The first-order valence-electron chi connectivity index (χ1n) is 5.23. The summed E-state index contributed by atoms with van der Waals surface area (Å²) in [7, 11) is 1.89. The molecule has 0 aliphatic rings. The van der Waals surface area contributed by atoms with E-state index in [0.717, 1.165) is 22.4 Å². The van der Waals surface area contributed by atoms with E-state index in [9.17, 15) is 0 Å². The average Bonchev–Trinajstić information content (AvgIpc) is 2.27. The van der Waals surface area contributed by atoms with Crippen molar-refractivity contribution in [1.82, 2.24) is 15.3 Å². The minimum absolute atomic E-state index is 0.141. The molecule has 1 unspecified atom stereocenters. The summed E-state index contributed by atoms with van der Waals surface area (Å²) in [5.41, 5.74) is 1.89. The van der Waals surface area contributed by atoms with Crippen molar-refractivity contribution in [1.29, 1.82) is 0 Å². The average molecular weight is 236 g/mol. The zero-order valence-corrected chi connectivity index (χ0v) is 10.3. The lowest BCUT2D eigenvalue weighted by Gasteiger charge is -2.11. The fourth-order valence-corrected chi connectivity index (χ4v) is 1.77. The first-order valence-corrected chi connectivity index (χ1v) is 5.60. The molecule has 2 rings (SSSR count). The van der Waals surface area contributed by atoms with Crippen LogP contribution in [0.3, 0.4) is 0 Å². The number of aromatic nitrogens is 2. The van der Waals surface area contributed by atoms with E-state index in [1.807, 2.05) is 39.1 Å². The Labute approximate surface area is 99.9 Å². The van der Waals surface area contributed by atoms with Gasteiger partial charge in [0.05, 0.1) is 11.6 Å². The first kappa shape index (κ1) is 11.3. The quantitative estimate of drug-likeness (QED) is 0.870. The van der Waals surface area contributed by atoms with Crippen molar-refractivity contribution < 1.29 is 0 Å². The van der Waals surface area contributed by atoms with Crippen LogP contribution >= 0.6 is 11.6 Å². The maximum Gasteiger partial charge on any atom is 0.145 e. The molecule has 0 amide bonds. The summed E-state index contributed by atoms with van der Waals surface area (Å²) >= 11 is 5.96. The highest BCUT2D eigenvalue weighted by Crippen LogP contribution is 2.21. The molecular formula is C12H14ClN3. The summed E-state index contributed by atoms with van der Waals surface area (Å²) < 4.78 is 0. The summed E-state index contributed by atoms with van der Waals surface area (Å²) in [6, 6.07) is 5.83. The molecule has 0 radical (unpaired) electrons. The molecule has 0 saturated carbocycles. The van der Waals surface area contributed by atoms with Gasteiger partial charge >= 0.3 is 0 Å². The number of hydrogen-bond acceptors (Lipinski definition) is 3. The van der Waals surface area contributed by atoms with Crippen molar-refractivity contribution in [2.24, 2.45) is 0 Å². The van der Waals surface area contributed by atoms with E-state index in [0.29, 0.717) is 5.02 Å². The largest absolute Gasteiger partial charge is 0.311 e. The molecule has 0 fully saturated rings. The third kappa shape index (κ3) is 2.01. The lowest BCUT2D eigenvalue weighted by Crippen LogP contribution is -2.16. The van der Waals surface area contributed by atoms with Crippen molar-refractivity contribution in [2.45, 2.75) is 19.9 Å². The normalized spacial score (nSPS) is 13.0. The van der Waals surface area contributed by atoms with Gasteiger partial charge in [-0.05, 0) is 39.1 Å². The molecule has 2 aromatic rings. The number of hydrogen-bond donors (Lipinski definition) is 1. The summed E-state index contributed by atoms with van der Waals surface area (Å²) in [6.07, 6.45) is 0. The van der Waals surface area contributed by atoms with E-state index in [-0.39, 0.29) is 6.04 Å². The SMILES string of the molecule is CNC(C)c1nc(C)c2ccc(Cl)cc2n1. The van der Waals surface area contributed by atoms with Crippen molar-refractivity contribution in [2.75, 3.05) is 7.05 Å². The zero-order valence-electron chi connectivity index (χ0n) is 9.58. The molecule has 0 spiro atoms. The number of rotatable bonds is 2. The standard InChI is InChI=1S/C12H14ClN3/c1-7-10-5-4-9(13)6-11(10)16-12(15-7)8(2)14-3/h4-6,8,14H,1-3H3. The molecule has 0 saturated heterocycles. The molecule has 1 aromatic carbocycles. The van der Waals surface area contributed by atoms with Crippen LogP contribution < -0.4 is 5.32 Å². The number of fused-ring (bicyclic) bond motifs is 1. The second-order valence-corrected chi connectivity index (χ2v) is 4.28. The fraction of sp³-hybridized carbons (Fsp3) is 0.333. The molecule has 0 aliphatic carbocycles. The van der Waals surface area contributed by atoms with Gasteiger partial charge < -0.3 is 5.32 Å². The third-order valence-electron chi connectivity index (χ3n) is 2.69. The lowest BCUT2D eigenvalue weighted by molar-refractivity contribution is 0.611. The Morgan fingerprint density at radius 2 is 2.06 bits per heavy atom. The van der Waals surface area contributed by atoms with E-state index in [4.69, 9.17) is 11.6 Å². The van der Waals surface area contributed by atoms with Gasteiger partial charge in [0.1, 0.15) is 5.82 Å². The van der Waals surface area contributed by atoms with Crippen LogP contribution in [0.5, 0.6) is 0 Å². The topological polar surface area (TPSA) is 37.8 Å². The van der Waals surface area contributed by atoms with E-state index in [2.05, 4.69) is 15.3 Å². The van der Waals surface area contributed by atoms with Gasteiger partial charge in [0.25, 0.3) is 0 Å². The van der Waals surface area contributed by atoms with Crippen LogP contribution in [0.4, 0.5) is 0 Å². The molecule has 1 atom stereocenters. The minimum Gasteiger partial charge on any atom is -0.311 e. The van der Waals surface area contributed by atoms with Crippen molar-refractivity contribution in [3.8, 4) is 0 Å². The monoisotopic (exact) mass is 235 g/mol. The van der Waals surface area contributed by atoms with Crippen molar-refractivity contribution in [3.63, 3.8) is 0 Å². The predicted octanol–water partition coefficient (Wildman–Crippen LogP) is 2.87. The van der Waals surface area contributed by atoms with Gasteiger partial charge in [0, 0.05) is 16.1 Å². The zero-order chi connectivity index (χ0) is 11.7. The second kappa shape index (κ2) is 4.36. The number of aryl methyl sites for hydroxylation is 1. The van der Waals surface area contributed by atoms with Gasteiger partial charge in [-0.2, -0.15) is 0 Å². The first-order chi connectivity index (χ1) is 7.61. The molecule has 1 aromatic heterocycles. The van der Waals surface area contributed by atoms with Gasteiger partial charge in [-0.1, -0.05) is 11.6 Å². The lowest BCUT2D eigenvalue weighted by atomic mass is 10.2. The van der Waals surface area contributed by atoms with Gasteiger partial charge in [-0.15, -0.1) is 0 Å². The molecule has 4 heteroatoms. The van der Waals surface area contributed by atoms with Gasteiger partial charge in [-0.25, -0.2) is 9.97 Å². The summed E-state index contributed by atoms with van der Waals surface area (Å²) in [6.45, 7) is 4.02. The smallest absolute Gasteiger partial charge is 0.145 e. The molecule has 16 heavy (non-hydrogen) atoms. The Balaban J connectivity index is 2.65. The Morgan fingerprint density at radius 1 is 1.31 bits per heavy atom. The highest BCUT2D eigenvalue weighted by atomic mass is 35.5. The second-order valence-electron chi connectivity index (χ2n) is 3.84. The van der Waals surface area contributed by atoms with Crippen molar-refractivity contribution >= 4 is 22.5 Å². The van der Waals surface area contributed by atoms with Crippen LogP contribution in [0.25, 0.3) is 10.9 Å². The Kier molecular flexibility index (Phi) is 3.08. The molecular weight excluding hydrogens is 222 g/mol.